The SMILES string of the molecule is COC(=O)c1cc(O)ccc1O.Cc1cc(O)cc(C(=O)O)c1O. The van der Waals surface area contributed by atoms with Gasteiger partial charge in [0.05, 0.1) is 7.11 Å². The molecule has 0 amide bonds. The fraction of sp³-hybridized carbons (Fsp3) is 0.125. The first-order valence-corrected chi connectivity index (χ1v) is 6.53. The van der Waals surface area contributed by atoms with E-state index < -0.39 is 11.9 Å². The molecule has 0 heterocycles. The van der Waals surface area contributed by atoms with E-state index in [-0.39, 0.29) is 34.1 Å². The molecule has 0 saturated carbocycles. The molecule has 2 aromatic rings. The van der Waals surface area contributed by atoms with Gasteiger partial charge in [0.25, 0.3) is 0 Å². The van der Waals surface area contributed by atoms with Crippen LogP contribution in [0.2, 0.25) is 0 Å². The molecule has 24 heavy (non-hydrogen) atoms. The molecular weight excluding hydrogens is 320 g/mol. The van der Waals surface area contributed by atoms with Gasteiger partial charge in [0.1, 0.15) is 34.1 Å². The van der Waals surface area contributed by atoms with E-state index in [4.69, 9.17) is 20.4 Å². The van der Waals surface area contributed by atoms with Gasteiger partial charge in [-0.15, -0.1) is 0 Å². The second-order valence-electron chi connectivity index (χ2n) is 4.66. The van der Waals surface area contributed by atoms with Crippen LogP contribution in [0.25, 0.3) is 0 Å². The molecule has 0 atom stereocenters. The minimum absolute atomic E-state index is 0.0440. The number of benzene rings is 2. The van der Waals surface area contributed by atoms with Crippen LogP contribution >= 0.6 is 0 Å². The van der Waals surface area contributed by atoms with E-state index in [1.54, 1.807) is 0 Å². The lowest BCUT2D eigenvalue weighted by Gasteiger charge is -2.03. The number of carboxylic acids is 1. The van der Waals surface area contributed by atoms with Gasteiger partial charge in [-0.25, -0.2) is 9.59 Å². The summed E-state index contributed by atoms with van der Waals surface area (Å²) >= 11 is 0. The van der Waals surface area contributed by atoms with Crippen molar-refractivity contribution >= 4 is 11.9 Å². The first kappa shape index (κ1) is 18.6. The number of carboxylic acid groups (broad SMARTS) is 1. The van der Waals surface area contributed by atoms with Crippen LogP contribution in [0.1, 0.15) is 26.3 Å². The molecule has 2 aromatic carbocycles. The third-order valence-corrected chi connectivity index (χ3v) is 2.90. The van der Waals surface area contributed by atoms with Crippen molar-refractivity contribution in [1.82, 2.24) is 0 Å². The summed E-state index contributed by atoms with van der Waals surface area (Å²) in [6.07, 6.45) is 0. The Balaban J connectivity index is 0.000000240. The van der Waals surface area contributed by atoms with Gasteiger partial charge >= 0.3 is 11.9 Å². The Hall–Kier alpha value is -3.42. The molecule has 0 unspecified atom stereocenters. The van der Waals surface area contributed by atoms with Crippen molar-refractivity contribution in [2.75, 3.05) is 7.11 Å². The zero-order chi connectivity index (χ0) is 18.4. The van der Waals surface area contributed by atoms with E-state index in [1.165, 1.54) is 32.2 Å². The first-order valence-electron chi connectivity index (χ1n) is 6.53. The van der Waals surface area contributed by atoms with Crippen molar-refractivity contribution in [3.63, 3.8) is 0 Å². The number of hydrogen-bond donors (Lipinski definition) is 5. The zero-order valence-corrected chi connectivity index (χ0v) is 12.8. The molecule has 8 nitrogen and oxygen atoms in total. The summed E-state index contributed by atoms with van der Waals surface area (Å²) < 4.78 is 4.36. The number of carbonyl (C=O) groups excluding carboxylic acids is 1. The summed E-state index contributed by atoms with van der Waals surface area (Å²) in [6, 6.07) is 5.94. The molecule has 0 aliphatic carbocycles. The molecule has 0 aromatic heterocycles. The Morgan fingerprint density at radius 2 is 1.50 bits per heavy atom. The van der Waals surface area contributed by atoms with Crippen LogP contribution in [0, 0.1) is 6.92 Å². The van der Waals surface area contributed by atoms with Crippen molar-refractivity contribution < 1.29 is 39.9 Å². The third kappa shape index (κ3) is 4.54. The van der Waals surface area contributed by atoms with Crippen LogP contribution in [-0.2, 0) is 4.74 Å². The number of ether oxygens (including phenoxy) is 1. The second-order valence-corrected chi connectivity index (χ2v) is 4.66. The molecule has 0 aliphatic heterocycles. The van der Waals surface area contributed by atoms with Crippen LogP contribution in [0.5, 0.6) is 23.0 Å². The predicted octanol–water partition coefficient (Wildman–Crippen LogP) is 1.99. The summed E-state index contributed by atoms with van der Waals surface area (Å²) in [5.41, 5.74) is 0.0115. The summed E-state index contributed by atoms with van der Waals surface area (Å²) in [7, 11) is 1.20. The lowest BCUT2D eigenvalue weighted by molar-refractivity contribution is 0.0596. The first-order chi connectivity index (χ1) is 11.2. The maximum atomic E-state index is 10.9. The number of hydrogen-bond acceptors (Lipinski definition) is 7. The van der Waals surface area contributed by atoms with Crippen molar-refractivity contribution in [2.24, 2.45) is 0 Å². The smallest absolute Gasteiger partial charge is 0.341 e. The number of phenols is 4. The monoisotopic (exact) mass is 336 g/mol. The summed E-state index contributed by atoms with van der Waals surface area (Å²) in [4.78, 5) is 21.3. The van der Waals surface area contributed by atoms with Crippen LogP contribution in [-0.4, -0.2) is 44.6 Å². The molecular formula is C16H16O8. The molecule has 8 heteroatoms. The standard InChI is InChI=1S/2C8H8O4/c1-4-2-5(9)3-6(7(4)10)8(11)12;1-12-8(11)6-4-5(9)2-3-7(6)10/h2-3,9-10H,1H3,(H,11,12);2-4,9-10H,1H3. The number of aryl methyl sites for hydroxylation is 1. The molecule has 0 saturated heterocycles. The number of rotatable bonds is 2. The highest BCUT2D eigenvalue weighted by Gasteiger charge is 2.12. The number of carbonyl (C=O) groups is 2. The second kappa shape index (κ2) is 7.73. The lowest BCUT2D eigenvalue weighted by atomic mass is 10.1. The van der Waals surface area contributed by atoms with Crippen LogP contribution in [0.15, 0.2) is 30.3 Å². The van der Waals surface area contributed by atoms with E-state index in [1.807, 2.05) is 0 Å². The Labute approximate surface area is 136 Å². The minimum Gasteiger partial charge on any atom is -0.508 e. The topological polar surface area (TPSA) is 145 Å². The van der Waals surface area contributed by atoms with Crippen LogP contribution in [0.3, 0.4) is 0 Å². The van der Waals surface area contributed by atoms with E-state index in [9.17, 15) is 14.7 Å². The lowest BCUT2D eigenvalue weighted by Crippen LogP contribution is -2.00. The Bertz CT molecular complexity index is 767. The van der Waals surface area contributed by atoms with Gasteiger partial charge in [-0.2, -0.15) is 0 Å². The van der Waals surface area contributed by atoms with Crippen LogP contribution < -0.4 is 0 Å². The molecule has 5 N–H and O–H groups in total. The van der Waals surface area contributed by atoms with Crippen molar-refractivity contribution in [3.8, 4) is 23.0 Å². The minimum atomic E-state index is -1.26. The maximum Gasteiger partial charge on any atom is 0.341 e. The van der Waals surface area contributed by atoms with E-state index in [0.717, 1.165) is 12.1 Å². The number of aromatic hydroxyl groups is 4. The van der Waals surface area contributed by atoms with Gasteiger partial charge in [0.15, 0.2) is 0 Å². The predicted molar refractivity (Wildman–Crippen MR) is 82.6 cm³/mol. The van der Waals surface area contributed by atoms with Gasteiger partial charge < -0.3 is 30.3 Å². The fourth-order valence-corrected chi connectivity index (χ4v) is 1.72. The number of aromatic carboxylic acids is 1. The van der Waals surface area contributed by atoms with Crippen molar-refractivity contribution in [2.45, 2.75) is 6.92 Å². The highest BCUT2D eigenvalue weighted by Crippen LogP contribution is 2.26. The highest BCUT2D eigenvalue weighted by atomic mass is 16.5. The van der Waals surface area contributed by atoms with E-state index >= 15 is 0 Å². The largest absolute Gasteiger partial charge is 0.508 e. The molecule has 0 aliphatic rings. The van der Waals surface area contributed by atoms with E-state index in [2.05, 4.69) is 4.74 Å². The number of methoxy groups -OCH3 is 1. The molecule has 0 radical (unpaired) electrons. The average Bonchev–Trinajstić information content (AvgIpc) is 2.52. The third-order valence-electron chi connectivity index (χ3n) is 2.90. The summed E-state index contributed by atoms with van der Waals surface area (Å²) in [5, 5.41) is 44.8. The van der Waals surface area contributed by atoms with Crippen molar-refractivity contribution in [3.05, 3.63) is 47.0 Å². The van der Waals surface area contributed by atoms with Gasteiger partial charge in [-0.05, 0) is 42.8 Å². The maximum absolute atomic E-state index is 10.9. The molecule has 2 rings (SSSR count). The van der Waals surface area contributed by atoms with E-state index in [0.29, 0.717) is 5.56 Å². The van der Waals surface area contributed by atoms with Gasteiger partial charge in [-0.1, -0.05) is 0 Å². The van der Waals surface area contributed by atoms with Crippen molar-refractivity contribution in [1.29, 1.82) is 0 Å². The molecule has 128 valence electrons. The molecule has 0 fully saturated rings. The molecule has 0 bridgehead atoms. The Morgan fingerprint density at radius 1 is 0.917 bits per heavy atom. The highest BCUT2D eigenvalue weighted by molar-refractivity contribution is 5.92. The fourth-order valence-electron chi connectivity index (χ4n) is 1.72. The van der Waals surface area contributed by atoms with Gasteiger partial charge in [0, 0.05) is 0 Å². The number of esters is 1. The van der Waals surface area contributed by atoms with Gasteiger partial charge in [-0.3, -0.25) is 0 Å². The number of phenolic OH excluding ortho intramolecular Hbond substituents is 3. The average molecular weight is 336 g/mol. The summed E-state index contributed by atoms with van der Waals surface area (Å²) in [6.45, 7) is 1.52. The Morgan fingerprint density at radius 3 is 2.04 bits per heavy atom. The zero-order valence-electron chi connectivity index (χ0n) is 12.8. The quantitative estimate of drug-likeness (QED) is 0.413. The van der Waals surface area contributed by atoms with Gasteiger partial charge in [0.2, 0.25) is 0 Å². The Kier molecular flexibility index (Phi) is 6.00. The normalized spacial score (nSPS) is 9.58. The summed E-state index contributed by atoms with van der Waals surface area (Å²) in [5.74, 6) is -2.70. The molecule has 0 spiro atoms. The van der Waals surface area contributed by atoms with Crippen LogP contribution in [0.4, 0.5) is 0 Å².